The standard InChI is InChI=1S/C21H26N2/c1-15-7-10-21(11-8-15)12-9-17-13-16(3-5-19(17)21)18-4-6-20(22-2)23-14-18/h3-6,13-15H,7-12H2,1-2H3,(H,22,23). The highest BCUT2D eigenvalue weighted by atomic mass is 14.9. The minimum Gasteiger partial charge on any atom is -0.373 e. The van der Waals surface area contributed by atoms with Gasteiger partial charge in [0.15, 0.2) is 0 Å². The molecule has 2 nitrogen and oxygen atoms in total. The molecule has 0 aliphatic heterocycles. The third-order valence-electron chi connectivity index (χ3n) is 6.13. The highest BCUT2D eigenvalue weighted by molar-refractivity contribution is 5.66. The fraction of sp³-hybridized carbons (Fsp3) is 0.476. The van der Waals surface area contributed by atoms with Crippen molar-refractivity contribution in [3.8, 4) is 11.1 Å². The largest absolute Gasteiger partial charge is 0.373 e. The molecule has 1 spiro atoms. The Morgan fingerprint density at radius 1 is 1.04 bits per heavy atom. The monoisotopic (exact) mass is 306 g/mol. The summed E-state index contributed by atoms with van der Waals surface area (Å²) < 4.78 is 0. The maximum atomic E-state index is 4.45. The Bertz CT molecular complexity index is 694. The summed E-state index contributed by atoms with van der Waals surface area (Å²) in [6.07, 6.45) is 10.2. The Kier molecular flexibility index (Phi) is 3.63. The van der Waals surface area contributed by atoms with E-state index in [1.54, 1.807) is 11.1 Å². The first-order valence-electron chi connectivity index (χ1n) is 8.98. The Labute approximate surface area is 139 Å². The quantitative estimate of drug-likeness (QED) is 0.826. The molecule has 0 bridgehead atoms. The number of nitrogens with one attached hydrogen (secondary N) is 1. The smallest absolute Gasteiger partial charge is 0.125 e. The first-order chi connectivity index (χ1) is 11.2. The molecule has 1 heterocycles. The van der Waals surface area contributed by atoms with Gasteiger partial charge in [0, 0.05) is 18.8 Å². The predicted molar refractivity (Wildman–Crippen MR) is 96.9 cm³/mol. The van der Waals surface area contributed by atoms with Crippen LogP contribution in [-0.4, -0.2) is 12.0 Å². The number of anilines is 1. The highest BCUT2D eigenvalue weighted by Crippen LogP contribution is 2.50. The first kappa shape index (κ1) is 14.7. The number of aryl methyl sites for hydroxylation is 1. The van der Waals surface area contributed by atoms with Gasteiger partial charge in [-0.25, -0.2) is 4.98 Å². The summed E-state index contributed by atoms with van der Waals surface area (Å²) in [6.45, 7) is 2.41. The number of benzene rings is 1. The van der Waals surface area contributed by atoms with E-state index in [0.29, 0.717) is 5.41 Å². The molecule has 0 radical (unpaired) electrons. The minimum atomic E-state index is 0.495. The van der Waals surface area contributed by atoms with Crippen LogP contribution < -0.4 is 5.32 Å². The SMILES string of the molecule is CNc1ccc(-c2ccc3c(c2)CCC32CCC(C)CC2)cn1. The third kappa shape index (κ3) is 2.54. The van der Waals surface area contributed by atoms with Crippen molar-refractivity contribution in [2.24, 2.45) is 5.92 Å². The van der Waals surface area contributed by atoms with Crippen LogP contribution in [0.2, 0.25) is 0 Å². The summed E-state index contributed by atoms with van der Waals surface area (Å²) >= 11 is 0. The number of fused-ring (bicyclic) bond motifs is 2. The van der Waals surface area contributed by atoms with Gasteiger partial charge in [-0.2, -0.15) is 0 Å². The van der Waals surface area contributed by atoms with Crippen LogP contribution in [0.15, 0.2) is 36.5 Å². The number of aromatic nitrogens is 1. The molecule has 2 heteroatoms. The van der Waals surface area contributed by atoms with Crippen molar-refractivity contribution < 1.29 is 0 Å². The zero-order valence-electron chi connectivity index (χ0n) is 14.2. The van der Waals surface area contributed by atoms with Crippen molar-refractivity contribution in [3.05, 3.63) is 47.7 Å². The summed E-state index contributed by atoms with van der Waals surface area (Å²) in [6, 6.07) is 11.3. The lowest BCUT2D eigenvalue weighted by Crippen LogP contribution is -2.28. The maximum Gasteiger partial charge on any atom is 0.125 e. The van der Waals surface area contributed by atoms with E-state index < -0.39 is 0 Å². The van der Waals surface area contributed by atoms with Crippen molar-refractivity contribution in [1.29, 1.82) is 0 Å². The molecule has 2 aliphatic carbocycles. The second-order valence-electron chi connectivity index (χ2n) is 7.52. The summed E-state index contributed by atoms with van der Waals surface area (Å²) in [5.74, 6) is 1.84. The van der Waals surface area contributed by atoms with Crippen LogP contribution in [-0.2, 0) is 11.8 Å². The number of hydrogen-bond acceptors (Lipinski definition) is 2. The minimum absolute atomic E-state index is 0.495. The van der Waals surface area contributed by atoms with Crippen molar-refractivity contribution in [1.82, 2.24) is 4.98 Å². The summed E-state index contributed by atoms with van der Waals surface area (Å²) in [5.41, 5.74) is 6.24. The molecule has 1 N–H and O–H groups in total. The van der Waals surface area contributed by atoms with Crippen molar-refractivity contribution in [3.63, 3.8) is 0 Å². The van der Waals surface area contributed by atoms with Crippen LogP contribution in [0.1, 0.15) is 50.2 Å². The average Bonchev–Trinajstić information content (AvgIpc) is 2.96. The van der Waals surface area contributed by atoms with E-state index in [-0.39, 0.29) is 0 Å². The molecule has 4 rings (SSSR count). The van der Waals surface area contributed by atoms with E-state index in [1.807, 2.05) is 19.3 Å². The van der Waals surface area contributed by atoms with Crippen LogP contribution in [0.3, 0.4) is 0 Å². The zero-order chi connectivity index (χ0) is 15.9. The van der Waals surface area contributed by atoms with Crippen LogP contribution >= 0.6 is 0 Å². The van der Waals surface area contributed by atoms with Gasteiger partial charge in [0.1, 0.15) is 5.82 Å². The number of hydrogen-bond donors (Lipinski definition) is 1. The van der Waals surface area contributed by atoms with E-state index in [1.165, 1.54) is 49.7 Å². The molecular weight excluding hydrogens is 280 g/mol. The van der Waals surface area contributed by atoms with Gasteiger partial charge < -0.3 is 5.32 Å². The van der Waals surface area contributed by atoms with Crippen LogP contribution in [0, 0.1) is 5.92 Å². The summed E-state index contributed by atoms with van der Waals surface area (Å²) in [4.78, 5) is 4.45. The lowest BCUT2D eigenvalue weighted by Gasteiger charge is -2.37. The molecular formula is C21H26N2. The Morgan fingerprint density at radius 3 is 2.52 bits per heavy atom. The molecule has 0 amide bonds. The van der Waals surface area contributed by atoms with Gasteiger partial charge in [0.2, 0.25) is 0 Å². The molecule has 0 saturated heterocycles. The molecule has 0 unspecified atom stereocenters. The molecule has 1 aromatic heterocycles. The topological polar surface area (TPSA) is 24.9 Å². The third-order valence-corrected chi connectivity index (χ3v) is 6.13. The summed E-state index contributed by atoms with van der Waals surface area (Å²) in [7, 11) is 1.90. The van der Waals surface area contributed by atoms with Gasteiger partial charge >= 0.3 is 0 Å². The second kappa shape index (κ2) is 5.67. The van der Waals surface area contributed by atoms with Crippen LogP contribution in [0.4, 0.5) is 5.82 Å². The molecule has 23 heavy (non-hydrogen) atoms. The van der Waals surface area contributed by atoms with E-state index in [2.05, 4.69) is 41.5 Å². The fourth-order valence-electron chi connectivity index (χ4n) is 4.55. The molecule has 1 fully saturated rings. The number of rotatable bonds is 2. The van der Waals surface area contributed by atoms with Gasteiger partial charge in [-0.3, -0.25) is 0 Å². The lowest BCUT2D eigenvalue weighted by molar-refractivity contribution is 0.241. The van der Waals surface area contributed by atoms with E-state index in [0.717, 1.165) is 11.7 Å². The van der Waals surface area contributed by atoms with E-state index in [4.69, 9.17) is 0 Å². The van der Waals surface area contributed by atoms with Crippen LogP contribution in [0.5, 0.6) is 0 Å². The normalized spacial score (nSPS) is 26.3. The van der Waals surface area contributed by atoms with Crippen LogP contribution in [0.25, 0.3) is 11.1 Å². The van der Waals surface area contributed by atoms with Gasteiger partial charge in [-0.05, 0) is 78.7 Å². The lowest BCUT2D eigenvalue weighted by atomic mass is 9.67. The molecule has 1 aromatic carbocycles. The van der Waals surface area contributed by atoms with Gasteiger partial charge in [0.25, 0.3) is 0 Å². The zero-order valence-corrected chi connectivity index (χ0v) is 14.2. The maximum absolute atomic E-state index is 4.45. The highest BCUT2D eigenvalue weighted by Gasteiger charge is 2.40. The Hall–Kier alpha value is -1.83. The molecule has 1 saturated carbocycles. The second-order valence-corrected chi connectivity index (χ2v) is 7.52. The van der Waals surface area contributed by atoms with Gasteiger partial charge in [-0.1, -0.05) is 25.1 Å². The van der Waals surface area contributed by atoms with Crippen molar-refractivity contribution in [2.45, 2.75) is 50.9 Å². The van der Waals surface area contributed by atoms with Gasteiger partial charge in [0.05, 0.1) is 0 Å². The molecule has 120 valence electrons. The van der Waals surface area contributed by atoms with E-state index in [9.17, 15) is 0 Å². The molecule has 2 aromatic rings. The number of pyridine rings is 1. The first-order valence-corrected chi connectivity index (χ1v) is 8.98. The van der Waals surface area contributed by atoms with E-state index >= 15 is 0 Å². The Morgan fingerprint density at radius 2 is 1.83 bits per heavy atom. The Balaban J connectivity index is 1.64. The van der Waals surface area contributed by atoms with Crippen molar-refractivity contribution >= 4 is 5.82 Å². The fourth-order valence-corrected chi connectivity index (χ4v) is 4.55. The summed E-state index contributed by atoms with van der Waals surface area (Å²) in [5, 5.41) is 3.08. The van der Waals surface area contributed by atoms with Crippen molar-refractivity contribution in [2.75, 3.05) is 12.4 Å². The van der Waals surface area contributed by atoms with Gasteiger partial charge in [-0.15, -0.1) is 0 Å². The average molecular weight is 306 g/mol. The molecule has 0 atom stereocenters. The number of nitrogens with zero attached hydrogens (tertiary/aromatic N) is 1. The predicted octanol–water partition coefficient (Wildman–Crippen LogP) is 5.18. The molecule has 2 aliphatic rings.